The molecule has 1 saturated carbocycles. The first-order valence-electron chi connectivity index (χ1n) is 5.29. The second kappa shape index (κ2) is 4.91. The lowest BCUT2D eigenvalue weighted by Gasteiger charge is -2.28. The Bertz CT molecular complexity index is 260. The summed E-state index contributed by atoms with van der Waals surface area (Å²) in [5.74, 6) is 0. The van der Waals surface area contributed by atoms with Gasteiger partial charge in [-0.1, -0.05) is 12.8 Å². The van der Waals surface area contributed by atoms with E-state index >= 15 is 0 Å². The smallest absolute Gasteiger partial charge is 0.0693 e. The van der Waals surface area contributed by atoms with E-state index in [1.165, 1.54) is 18.4 Å². The van der Waals surface area contributed by atoms with E-state index in [-0.39, 0.29) is 6.10 Å². The minimum atomic E-state index is -0.137. The second-order valence-electron chi connectivity index (χ2n) is 3.97. The van der Waals surface area contributed by atoms with E-state index in [4.69, 9.17) is 0 Å². The van der Waals surface area contributed by atoms with Gasteiger partial charge in [0.15, 0.2) is 0 Å². The van der Waals surface area contributed by atoms with Crippen LogP contribution in [0.15, 0.2) is 16.8 Å². The highest BCUT2D eigenvalue weighted by Gasteiger charge is 2.21. The predicted octanol–water partition coefficient (Wildman–Crippen LogP) is 2.14. The van der Waals surface area contributed by atoms with E-state index in [1.54, 1.807) is 11.3 Å². The summed E-state index contributed by atoms with van der Waals surface area (Å²) >= 11 is 1.72. The van der Waals surface area contributed by atoms with Crippen LogP contribution in [0.3, 0.4) is 0 Å². The molecule has 1 aliphatic rings. The maximum atomic E-state index is 9.74. The van der Waals surface area contributed by atoms with Gasteiger partial charge in [0, 0.05) is 12.6 Å². The fourth-order valence-electron chi connectivity index (χ4n) is 1.99. The molecule has 3 heteroatoms. The van der Waals surface area contributed by atoms with E-state index in [0.717, 1.165) is 19.4 Å². The molecular weight excluding hydrogens is 194 g/mol. The Labute approximate surface area is 89.0 Å². The molecule has 2 atom stereocenters. The Morgan fingerprint density at radius 2 is 2.29 bits per heavy atom. The maximum absolute atomic E-state index is 9.74. The summed E-state index contributed by atoms with van der Waals surface area (Å²) in [6.45, 7) is 0.894. The Morgan fingerprint density at radius 1 is 1.43 bits per heavy atom. The lowest BCUT2D eigenvalue weighted by molar-refractivity contribution is 0.0903. The zero-order chi connectivity index (χ0) is 9.80. The molecule has 14 heavy (non-hydrogen) atoms. The van der Waals surface area contributed by atoms with E-state index in [9.17, 15) is 5.11 Å². The lowest BCUT2D eigenvalue weighted by atomic mass is 9.92. The number of hydrogen-bond acceptors (Lipinski definition) is 3. The van der Waals surface area contributed by atoms with E-state index in [0.29, 0.717) is 6.04 Å². The summed E-state index contributed by atoms with van der Waals surface area (Å²) in [6.07, 6.45) is 4.37. The van der Waals surface area contributed by atoms with Crippen LogP contribution in [0.4, 0.5) is 0 Å². The molecule has 1 aromatic rings. The third-order valence-corrected chi connectivity index (χ3v) is 3.61. The third kappa shape index (κ3) is 2.56. The fraction of sp³-hybridized carbons (Fsp3) is 0.636. The van der Waals surface area contributed by atoms with Crippen molar-refractivity contribution in [3.05, 3.63) is 22.4 Å². The first-order valence-corrected chi connectivity index (χ1v) is 6.23. The van der Waals surface area contributed by atoms with Crippen LogP contribution >= 0.6 is 11.3 Å². The van der Waals surface area contributed by atoms with Crippen molar-refractivity contribution in [2.24, 2.45) is 0 Å². The highest BCUT2D eigenvalue weighted by molar-refractivity contribution is 7.07. The van der Waals surface area contributed by atoms with Crippen LogP contribution in [-0.4, -0.2) is 17.3 Å². The molecule has 0 radical (unpaired) electrons. The monoisotopic (exact) mass is 211 g/mol. The Balaban J connectivity index is 1.79. The van der Waals surface area contributed by atoms with Gasteiger partial charge in [0.2, 0.25) is 0 Å². The van der Waals surface area contributed by atoms with Gasteiger partial charge in [-0.3, -0.25) is 0 Å². The molecule has 1 heterocycles. The van der Waals surface area contributed by atoms with Crippen LogP contribution in [0, 0.1) is 0 Å². The van der Waals surface area contributed by atoms with Gasteiger partial charge in [-0.25, -0.2) is 0 Å². The van der Waals surface area contributed by atoms with E-state index in [2.05, 4.69) is 22.1 Å². The van der Waals surface area contributed by atoms with Crippen molar-refractivity contribution >= 4 is 11.3 Å². The molecule has 0 spiro atoms. The van der Waals surface area contributed by atoms with Crippen molar-refractivity contribution in [2.75, 3.05) is 0 Å². The molecule has 0 aromatic carbocycles. The lowest BCUT2D eigenvalue weighted by Crippen LogP contribution is -2.41. The van der Waals surface area contributed by atoms with Crippen LogP contribution in [0.2, 0.25) is 0 Å². The summed E-state index contributed by atoms with van der Waals surface area (Å²) in [7, 11) is 0. The molecular formula is C11H17NOS. The summed E-state index contributed by atoms with van der Waals surface area (Å²) in [4.78, 5) is 0. The molecule has 0 bridgehead atoms. The van der Waals surface area contributed by atoms with Crippen molar-refractivity contribution in [1.29, 1.82) is 0 Å². The average molecular weight is 211 g/mol. The summed E-state index contributed by atoms with van der Waals surface area (Å²) in [6, 6.07) is 2.44. The number of nitrogens with one attached hydrogen (secondary N) is 1. The average Bonchev–Trinajstić information content (AvgIpc) is 2.69. The number of aliphatic hydroxyl groups is 1. The van der Waals surface area contributed by atoms with Crippen LogP contribution in [0.25, 0.3) is 0 Å². The van der Waals surface area contributed by atoms with Crippen molar-refractivity contribution in [3.8, 4) is 0 Å². The number of thiophene rings is 1. The Hall–Kier alpha value is -0.380. The van der Waals surface area contributed by atoms with Crippen molar-refractivity contribution in [3.63, 3.8) is 0 Å². The van der Waals surface area contributed by atoms with Crippen molar-refractivity contribution in [2.45, 2.75) is 44.4 Å². The van der Waals surface area contributed by atoms with E-state index < -0.39 is 0 Å². The number of hydrogen-bond donors (Lipinski definition) is 2. The third-order valence-electron chi connectivity index (χ3n) is 2.88. The van der Waals surface area contributed by atoms with Gasteiger partial charge < -0.3 is 10.4 Å². The van der Waals surface area contributed by atoms with Crippen LogP contribution < -0.4 is 5.32 Å². The molecule has 2 rings (SSSR count). The molecule has 2 N–H and O–H groups in total. The quantitative estimate of drug-likeness (QED) is 0.803. The van der Waals surface area contributed by atoms with Gasteiger partial charge in [0.05, 0.1) is 6.10 Å². The van der Waals surface area contributed by atoms with Crippen LogP contribution in [-0.2, 0) is 6.54 Å². The first-order chi connectivity index (χ1) is 6.86. The Morgan fingerprint density at radius 3 is 3.00 bits per heavy atom. The van der Waals surface area contributed by atoms with Gasteiger partial charge in [0.1, 0.15) is 0 Å². The van der Waals surface area contributed by atoms with Gasteiger partial charge in [-0.2, -0.15) is 11.3 Å². The summed E-state index contributed by atoms with van der Waals surface area (Å²) < 4.78 is 0. The minimum absolute atomic E-state index is 0.137. The predicted molar refractivity (Wildman–Crippen MR) is 59.4 cm³/mol. The topological polar surface area (TPSA) is 32.3 Å². The summed E-state index contributed by atoms with van der Waals surface area (Å²) in [5, 5.41) is 17.4. The molecule has 1 aromatic heterocycles. The van der Waals surface area contributed by atoms with Gasteiger partial charge in [-0.15, -0.1) is 0 Å². The Kier molecular flexibility index (Phi) is 3.56. The molecule has 78 valence electrons. The molecule has 0 saturated heterocycles. The van der Waals surface area contributed by atoms with Crippen LogP contribution in [0.5, 0.6) is 0 Å². The highest BCUT2D eigenvalue weighted by Crippen LogP contribution is 2.18. The zero-order valence-corrected chi connectivity index (χ0v) is 9.09. The van der Waals surface area contributed by atoms with Crippen LogP contribution in [0.1, 0.15) is 31.2 Å². The minimum Gasteiger partial charge on any atom is -0.392 e. The van der Waals surface area contributed by atoms with E-state index in [1.807, 2.05) is 0 Å². The highest BCUT2D eigenvalue weighted by atomic mass is 32.1. The van der Waals surface area contributed by atoms with Gasteiger partial charge in [0.25, 0.3) is 0 Å². The van der Waals surface area contributed by atoms with Gasteiger partial charge in [-0.05, 0) is 35.2 Å². The molecule has 2 unspecified atom stereocenters. The second-order valence-corrected chi connectivity index (χ2v) is 4.75. The first kappa shape index (κ1) is 10.1. The summed E-state index contributed by atoms with van der Waals surface area (Å²) in [5.41, 5.74) is 1.33. The molecule has 0 amide bonds. The molecule has 1 fully saturated rings. The van der Waals surface area contributed by atoms with Gasteiger partial charge >= 0.3 is 0 Å². The largest absolute Gasteiger partial charge is 0.392 e. The standard InChI is InChI=1S/C11H17NOS/c13-11-4-2-1-3-10(11)12-7-9-5-6-14-8-9/h5-6,8,10-13H,1-4,7H2. The fourth-order valence-corrected chi connectivity index (χ4v) is 2.66. The van der Waals surface area contributed by atoms with Crippen molar-refractivity contribution < 1.29 is 5.11 Å². The SMILES string of the molecule is OC1CCCCC1NCc1ccsc1. The molecule has 1 aliphatic carbocycles. The maximum Gasteiger partial charge on any atom is 0.0693 e. The van der Waals surface area contributed by atoms with Crippen molar-refractivity contribution in [1.82, 2.24) is 5.32 Å². The zero-order valence-electron chi connectivity index (χ0n) is 8.28. The molecule has 0 aliphatic heterocycles. The normalized spacial score (nSPS) is 27.8. The number of rotatable bonds is 3. The number of aliphatic hydroxyl groups excluding tert-OH is 1. The molecule has 2 nitrogen and oxygen atoms in total.